The van der Waals surface area contributed by atoms with Crippen LogP contribution in [-0.2, 0) is 0 Å². The maximum absolute atomic E-state index is 11.8. The number of nitro groups is 1. The van der Waals surface area contributed by atoms with E-state index in [9.17, 15) is 14.9 Å². The fourth-order valence-electron chi connectivity index (χ4n) is 1.21. The van der Waals surface area contributed by atoms with Crippen LogP contribution in [0.2, 0.25) is 5.02 Å². The van der Waals surface area contributed by atoms with E-state index in [0.717, 1.165) is 6.07 Å². The topological polar surface area (TPSA) is 63.5 Å². The smallest absolute Gasteiger partial charge is 0.288 e. The fraction of sp³-hybridized carbons (Fsp3) is 0.182. The molecule has 0 aliphatic heterocycles. The molecule has 0 fully saturated rings. The molecule has 0 radical (unpaired) electrons. The molecule has 0 saturated carbocycles. The molecule has 1 aromatic carbocycles. The van der Waals surface area contributed by atoms with E-state index >= 15 is 0 Å². The van der Waals surface area contributed by atoms with E-state index in [1.165, 1.54) is 24.1 Å². The lowest BCUT2D eigenvalue weighted by molar-refractivity contribution is -0.384. The van der Waals surface area contributed by atoms with Gasteiger partial charge in [-0.1, -0.05) is 17.5 Å². The van der Waals surface area contributed by atoms with Crippen molar-refractivity contribution < 1.29 is 9.72 Å². The Kier molecular flexibility index (Phi) is 4.07. The van der Waals surface area contributed by atoms with Crippen molar-refractivity contribution in [3.63, 3.8) is 0 Å². The number of carbonyl (C=O) groups excluding carboxylic acids is 1. The Morgan fingerprint density at radius 1 is 1.65 bits per heavy atom. The molecule has 1 aromatic rings. The second kappa shape index (κ2) is 5.32. The predicted molar refractivity (Wildman–Crippen MR) is 63.9 cm³/mol. The number of nitrogens with zero attached hydrogens (tertiary/aromatic N) is 2. The van der Waals surface area contributed by atoms with Gasteiger partial charge >= 0.3 is 0 Å². The predicted octanol–water partition coefficient (Wildman–Crippen LogP) is 1.95. The van der Waals surface area contributed by atoms with Gasteiger partial charge in [0.2, 0.25) is 0 Å². The molecule has 0 bridgehead atoms. The minimum absolute atomic E-state index is 0.00819. The van der Waals surface area contributed by atoms with Crippen molar-refractivity contribution in [3.05, 3.63) is 38.9 Å². The first-order valence-corrected chi connectivity index (χ1v) is 4.98. The summed E-state index contributed by atoms with van der Waals surface area (Å²) >= 11 is 5.64. The van der Waals surface area contributed by atoms with Gasteiger partial charge in [0, 0.05) is 18.7 Å². The third-order valence-electron chi connectivity index (χ3n) is 2.06. The molecular weight excluding hydrogens is 244 g/mol. The molecule has 0 aromatic heterocycles. The summed E-state index contributed by atoms with van der Waals surface area (Å²) in [5, 5.41) is 10.6. The molecule has 0 N–H and O–H groups in total. The zero-order valence-electron chi connectivity index (χ0n) is 9.01. The summed E-state index contributed by atoms with van der Waals surface area (Å²) in [5.74, 6) is 1.93. The minimum atomic E-state index is -0.639. The number of rotatable bonds is 3. The summed E-state index contributed by atoms with van der Waals surface area (Å²) in [4.78, 5) is 23.1. The maximum Gasteiger partial charge on any atom is 0.288 e. The second-order valence-electron chi connectivity index (χ2n) is 3.29. The molecule has 5 nitrogen and oxygen atoms in total. The Balaban J connectivity index is 3.08. The van der Waals surface area contributed by atoms with Gasteiger partial charge in [0.05, 0.1) is 11.5 Å². The summed E-state index contributed by atoms with van der Waals surface area (Å²) < 4.78 is 0. The largest absolute Gasteiger partial charge is 0.331 e. The first kappa shape index (κ1) is 13.0. The Labute approximate surface area is 103 Å². The van der Waals surface area contributed by atoms with Crippen molar-refractivity contribution in [2.45, 2.75) is 0 Å². The van der Waals surface area contributed by atoms with Crippen LogP contribution < -0.4 is 0 Å². The lowest BCUT2D eigenvalue weighted by atomic mass is 10.2. The molecule has 17 heavy (non-hydrogen) atoms. The highest BCUT2D eigenvalue weighted by Crippen LogP contribution is 2.25. The van der Waals surface area contributed by atoms with Crippen molar-refractivity contribution in [3.8, 4) is 12.3 Å². The lowest BCUT2D eigenvalue weighted by Crippen LogP contribution is -2.26. The van der Waals surface area contributed by atoms with Gasteiger partial charge in [-0.2, -0.15) is 0 Å². The minimum Gasteiger partial charge on any atom is -0.331 e. The van der Waals surface area contributed by atoms with Gasteiger partial charge in [0.1, 0.15) is 5.02 Å². The third kappa shape index (κ3) is 2.95. The lowest BCUT2D eigenvalue weighted by Gasteiger charge is -2.13. The third-order valence-corrected chi connectivity index (χ3v) is 2.38. The number of hydrogen-bond acceptors (Lipinski definition) is 3. The summed E-state index contributed by atoms with van der Waals surface area (Å²) in [7, 11) is 1.52. The normalized spacial score (nSPS) is 9.47. The average Bonchev–Trinajstić information content (AvgIpc) is 2.28. The van der Waals surface area contributed by atoms with Crippen LogP contribution in [0.15, 0.2) is 18.2 Å². The Hall–Kier alpha value is -2.06. The molecule has 0 atom stereocenters. The number of terminal acetylenes is 1. The monoisotopic (exact) mass is 252 g/mol. The molecule has 88 valence electrons. The first-order valence-electron chi connectivity index (χ1n) is 4.60. The van der Waals surface area contributed by atoms with Crippen LogP contribution in [0.3, 0.4) is 0 Å². The molecule has 0 aliphatic carbocycles. The number of benzene rings is 1. The molecule has 0 unspecified atom stereocenters. The van der Waals surface area contributed by atoms with Gasteiger partial charge < -0.3 is 4.90 Å². The van der Waals surface area contributed by atoms with Crippen LogP contribution >= 0.6 is 11.6 Å². The summed E-state index contributed by atoms with van der Waals surface area (Å²) in [6, 6.07) is 3.87. The zero-order chi connectivity index (χ0) is 13.0. The molecule has 0 spiro atoms. The second-order valence-corrected chi connectivity index (χ2v) is 3.70. The van der Waals surface area contributed by atoms with Gasteiger partial charge in [0.15, 0.2) is 0 Å². The standard InChI is InChI=1S/C11H9ClN2O3/c1-3-6-13(2)11(15)8-4-5-9(12)10(7-8)14(16)17/h1,4-5,7H,6H2,2H3. The van der Waals surface area contributed by atoms with Crippen LogP contribution in [0.5, 0.6) is 0 Å². The summed E-state index contributed by atoms with van der Waals surface area (Å²) in [5.41, 5.74) is -0.120. The fourth-order valence-corrected chi connectivity index (χ4v) is 1.40. The van der Waals surface area contributed by atoms with Crippen LogP contribution in [0, 0.1) is 22.5 Å². The Morgan fingerprint density at radius 3 is 2.82 bits per heavy atom. The van der Waals surface area contributed by atoms with Crippen LogP contribution in [0.1, 0.15) is 10.4 Å². The highest BCUT2D eigenvalue weighted by molar-refractivity contribution is 6.32. The van der Waals surface area contributed by atoms with Crippen molar-refractivity contribution in [2.75, 3.05) is 13.6 Å². The van der Waals surface area contributed by atoms with Gasteiger partial charge in [-0.05, 0) is 12.1 Å². The number of halogens is 1. The summed E-state index contributed by atoms with van der Waals surface area (Å²) in [6.45, 7) is 0.134. The van der Waals surface area contributed by atoms with Crippen molar-refractivity contribution in [1.82, 2.24) is 4.90 Å². The molecule has 6 heteroatoms. The van der Waals surface area contributed by atoms with Crippen LogP contribution in [0.4, 0.5) is 5.69 Å². The number of amides is 1. The van der Waals surface area contributed by atoms with E-state index in [4.69, 9.17) is 18.0 Å². The van der Waals surface area contributed by atoms with E-state index in [0.29, 0.717) is 0 Å². The first-order chi connectivity index (χ1) is 7.97. The van der Waals surface area contributed by atoms with E-state index in [-0.39, 0.29) is 28.7 Å². The summed E-state index contributed by atoms with van der Waals surface area (Å²) in [6.07, 6.45) is 5.07. The SMILES string of the molecule is C#CCN(C)C(=O)c1ccc(Cl)c([N+](=O)[O-])c1. The molecule has 1 rings (SSSR count). The number of carbonyl (C=O) groups is 1. The van der Waals surface area contributed by atoms with E-state index in [2.05, 4.69) is 5.92 Å². The Morgan fingerprint density at radius 2 is 2.29 bits per heavy atom. The average molecular weight is 253 g/mol. The van der Waals surface area contributed by atoms with Crippen LogP contribution in [-0.4, -0.2) is 29.3 Å². The highest BCUT2D eigenvalue weighted by atomic mass is 35.5. The molecule has 0 aliphatic rings. The van der Waals surface area contributed by atoms with Crippen molar-refractivity contribution in [1.29, 1.82) is 0 Å². The molecule has 1 amide bonds. The van der Waals surface area contributed by atoms with E-state index in [1.54, 1.807) is 0 Å². The van der Waals surface area contributed by atoms with Gasteiger partial charge in [0.25, 0.3) is 11.6 Å². The van der Waals surface area contributed by atoms with Crippen LogP contribution in [0.25, 0.3) is 0 Å². The highest BCUT2D eigenvalue weighted by Gasteiger charge is 2.18. The van der Waals surface area contributed by atoms with Gasteiger partial charge in [-0.15, -0.1) is 6.42 Å². The Bertz CT molecular complexity index is 508. The molecule has 0 heterocycles. The number of hydrogen-bond donors (Lipinski definition) is 0. The van der Waals surface area contributed by atoms with Gasteiger partial charge in [-0.3, -0.25) is 14.9 Å². The molecule has 0 saturated heterocycles. The number of nitro benzene ring substituents is 1. The van der Waals surface area contributed by atoms with E-state index in [1.807, 2.05) is 0 Å². The quantitative estimate of drug-likeness (QED) is 0.469. The van der Waals surface area contributed by atoms with E-state index < -0.39 is 4.92 Å². The van der Waals surface area contributed by atoms with Gasteiger partial charge in [-0.25, -0.2) is 0 Å². The maximum atomic E-state index is 11.8. The van der Waals surface area contributed by atoms with Crippen molar-refractivity contribution >= 4 is 23.2 Å². The molecular formula is C11H9ClN2O3. The van der Waals surface area contributed by atoms with Crippen molar-refractivity contribution in [2.24, 2.45) is 0 Å². The zero-order valence-corrected chi connectivity index (χ0v) is 9.77.